The molecule has 0 bridgehead atoms. The summed E-state index contributed by atoms with van der Waals surface area (Å²) in [5, 5.41) is 2.95. The third-order valence-corrected chi connectivity index (χ3v) is 4.89. The zero-order chi connectivity index (χ0) is 21.5. The highest BCUT2D eigenvalue weighted by molar-refractivity contribution is 5.92. The highest BCUT2D eigenvalue weighted by Crippen LogP contribution is 2.24. The molecule has 1 aromatic heterocycles. The molecule has 2 heterocycles. The van der Waals surface area contributed by atoms with Crippen molar-refractivity contribution < 1.29 is 18.7 Å². The Hall–Kier alpha value is -3.22. The molecule has 1 aromatic carbocycles. The van der Waals surface area contributed by atoms with Crippen LogP contribution in [-0.4, -0.2) is 40.8 Å². The van der Waals surface area contributed by atoms with Crippen molar-refractivity contribution in [2.75, 3.05) is 13.1 Å². The monoisotopic (exact) mass is 411 g/mol. The van der Waals surface area contributed by atoms with Gasteiger partial charge in [-0.1, -0.05) is 19.9 Å². The van der Waals surface area contributed by atoms with Crippen molar-refractivity contribution >= 4 is 17.9 Å². The van der Waals surface area contributed by atoms with Crippen molar-refractivity contribution in [3.8, 4) is 11.5 Å². The summed E-state index contributed by atoms with van der Waals surface area (Å²) in [6, 6.07) is 7.93. The Labute approximate surface area is 175 Å². The molecular formula is C23H26FN3O3. The summed E-state index contributed by atoms with van der Waals surface area (Å²) < 4.78 is 19.7. The van der Waals surface area contributed by atoms with Crippen LogP contribution in [-0.2, 0) is 9.59 Å². The summed E-state index contributed by atoms with van der Waals surface area (Å²) >= 11 is 0. The molecule has 2 amide bonds. The van der Waals surface area contributed by atoms with Gasteiger partial charge in [-0.05, 0) is 48.7 Å². The Morgan fingerprint density at radius 2 is 2.03 bits per heavy atom. The van der Waals surface area contributed by atoms with Gasteiger partial charge in [-0.2, -0.15) is 0 Å². The fraction of sp³-hybridized carbons (Fsp3) is 0.348. The molecule has 6 nitrogen and oxygen atoms in total. The molecular weight excluding hydrogens is 385 g/mol. The first-order chi connectivity index (χ1) is 14.4. The summed E-state index contributed by atoms with van der Waals surface area (Å²) in [6.07, 6.45) is 7.52. The van der Waals surface area contributed by atoms with Crippen molar-refractivity contribution in [1.82, 2.24) is 15.2 Å². The average Bonchev–Trinajstić information content (AvgIpc) is 2.75. The second kappa shape index (κ2) is 10.0. The molecule has 1 N–H and O–H groups in total. The fourth-order valence-electron chi connectivity index (χ4n) is 3.27. The molecule has 30 heavy (non-hydrogen) atoms. The van der Waals surface area contributed by atoms with E-state index in [2.05, 4.69) is 10.3 Å². The second-order valence-electron chi connectivity index (χ2n) is 7.58. The van der Waals surface area contributed by atoms with Gasteiger partial charge in [0.1, 0.15) is 5.75 Å². The minimum Gasteiger partial charge on any atom is -0.453 e. The lowest BCUT2D eigenvalue weighted by atomic mass is 10.0. The maximum absolute atomic E-state index is 14.3. The molecule has 1 saturated heterocycles. The highest BCUT2D eigenvalue weighted by atomic mass is 19.1. The van der Waals surface area contributed by atoms with Gasteiger partial charge < -0.3 is 15.0 Å². The van der Waals surface area contributed by atoms with Crippen LogP contribution in [0.2, 0.25) is 0 Å². The lowest BCUT2D eigenvalue weighted by Gasteiger charge is -2.33. The van der Waals surface area contributed by atoms with Crippen LogP contribution in [0.5, 0.6) is 11.5 Å². The highest BCUT2D eigenvalue weighted by Gasteiger charge is 2.24. The number of ether oxygens (including phenoxy) is 1. The zero-order valence-corrected chi connectivity index (χ0v) is 17.2. The lowest BCUT2D eigenvalue weighted by Crippen LogP contribution is -2.47. The van der Waals surface area contributed by atoms with Crippen LogP contribution in [0.15, 0.2) is 48.8 Å². The van der Waals surface area contributed by atoms with Gasteiger partial charge in [0.15, 0.2) is 11.6 Å². The van der Waals surface area contributed by atoms with Crippen molar-refractivity contribution in [1.29, 1.82) is 0 Å². The van der Waals surface area contributed by atoms with E-state index in [1.165, 1.54) is 24.4 Å². The van der Waals surface area contributed by atoms with Crippen LogP contribution in [0.4, 0.5) is 4.39 Å². The van der Waals surface area contributed by atoms with E-state index in [0.29, 0.717) is 24.4 Å². The van der Waals surface area contributed by atoms with Crippen molar-refractivity contribution in [3.63, 3.8) is 0 Å². The largest absolute Gasteiger partial charge is 0.453 e. The first-order valence-corrected chi connectivity index (χ1v) is 10.1. The van der Waals surface area contributed by atoms with E-state index in [-0.39, 0.29) is 29.5 Å². The first-order valence-electron chi connectivity index (χ1n) is 10.1. The van der Waals surface area contributed by atoms with E-state index in [0.717, 1.165) is 12.8 Å². The SMILES string of the molecule is CC(C)C(=O)N1CCC(NC(=O)/C=C/c2ccc(Oc3cccnc3)c(F)c2)CC1. The Morgan fingerprint density at radius 1 is 1.27 bits per heavy atom. The molecule has 158 valence electrons. The van der Waals surface area contributed by atoms with Gasteiger partial charge in [0, 0.05) is 37.3 Å². The van der Waals surface area contributed by atoms with Gasteiger partial charge in [-0.3, -0.25) is 14.6 Å². The van der Waals surface area contributed by atoms with Gasteiger partial charge in [0.25, 0.3) is 0 Å². The summed E-state index contributed by atoms with van der Waals surface area (Å²) in [5.74, 6) is -0.0888. The van der Waals surface area contributed by atoms with Gasteiger partial charge >= 0.3 is 0 Å². The number of piperidine rings is 1. The topological polar surface area (TPSA) is 71.5 Å². The zero-order valence-electron chi connectivity index (χ0n) is 17.2. The number of carbonyl (C=O) groups is 2. The van der Waals surface area contributed by atoms with E-state index in [4.69, 9.17) is 4.74 Å². The van der Waals surface area contributed by atoms with E-state index >= 15 is 0 Å². The van der Waals surface area contributed by atoms with E-state index in [1.807, 2.05) is 18.7 Å². The van der Waals surface area contributed by atoms with Crippen molar-refractivity contribution in [3.05, 3.63) is 60.2 Å². The number of hydrogen-bond donors (Lipinski definition) is 1. The molecule has 2 aromatic rings. The quantitative estimate of drug-likeness (QED) is 0.734. The van der Waals surface area contributed by atoms with Gasteiger partial charge in [-0.15, -0.1) is 0 Å². The smallest absolute Gasteiger partial charge is 0.244 e. The molecule has 3 rings (SSSR count). The Morgan fingerprint density at radius 3 is 2.67 bits per heavy atom. The lowest BCUT2D eigenvalue weighted by molar-refractivity contribution is -0.135. The van der Waals surface area contributed by atoms with Crippen LogP contribution in [0.3, 0.4) is 0 Å². The predicted octanol–water partition coefficient (Wildman–Crippen LogP) is 3.79. The van der Waals surface area contributed by atoms with Crippen LogP contribution < -0.4 is 10.1 Å². The molecule has 0 radical (unpaired) electrons. The van der Waals surface area contributed by atoms with Gasteiger partial charge in [0.05, 0.1) is 6.20 Å². The predicted molar refractivity (Wildman–Crippen MR) is 112 cm³/mol. The molecule has 1 aliphatic heterocycles. The maximum atomic E-state index is 14.3. The molecule has 0 aliphatic carbocycles. The minimum atomic E-state index is -0.524. The van der Waals surface area contributed by atoms with Crippen LogP contribution >= 0.6 is 0 Å². The molecule has 0 unspecified atom stereocenters. The third kappa shape index (κ3) is 5.89. The number of rotatable bonds is 6. The Balaban J connectivity index is 1.50. The van der Waals surface area contributed by atoms with Gasteiger partial charge in [0.2, 0.25) is 11.8 Å². The summed E-state index contributed by atoms with van der Waals surface area (Å²) in [5.41, 5.74) is 0.554. The summed E-state index contributed by atoms with van der Waals surface area (Å²) in [4.78, 5) is 30.0. The van der Waals surface area contributed by atoms with Crippen LogP contribution in [0, 0.1) is 11.7 Å². The Bertz CT molecular complexity index is 907. The Kier molecular flexibility index (Phi) is 7.17. The number of nitrogens with one attached hydrogen (secondary N) is 1. The molecule has 0 spiro atoms. The average molecular weight is 411 g/mol. The second-order valence-corrected chi connectivity index (χ2v) is 7.58. The summed E-state index contributed by atoms with van der Waals surface area (Å²) in [7, 11) is 0. The first kappa shape index (κ1) is 21.5. The van der Waals surface area contributed by atoms with Crippen LogP contribution in [0.25, 0.3) is 6.08 Å². The van der Waals surface area contributed by atoms with Crippen molar-refractivity contribution in [2.24, 2.45) is 5.92 Å². The van der Waals surface area contributed by atoms with E-state index < -0.39 is 5.82 Å². The fourth-order valence-corrected chi connectivity index (χ4v) is 3.27. The van der Waals surface area contributed by atoms with Gasteiger partial charge in [-0.25, -0.2) is 4.39 Å². The third-order valence-electron chi connectivity index (χ3n) is 4.89. The van der Waals surface area contributed by atoms with Crippen molar-refractivity contribution in [2.45, 2.75) is 32.7 Å². The number of likely N-dealkylation sites (tertiary alicyclic amines) is 1. The maximum Gasteiger partial charge on any atom is 0.244 e. The number of nitrogens with zero attached hydrogens (tertiary/aromatic N) is 2. The number of carbonyl (C=O) groups excluding carboxylic acids is 2. The number of amides is 2. The standard InChI is InChI=1S/C23H26FN3O3/c1-16(2)23(29)27-12-9-18(10-13-27)26-22(28)8-6-17-5-7-21(20(24)14-17)30-19-4-3-11-25-15-19/h3-8,11,14-16,18H,9-10,12-13H2,1-2H3,(H,26,28)/b8-6+. The summed E-state index contributed by atoms with van der Waals surface area (Å²) in [6.45, 7) is 5.08. The van der Waals surface area contributed by atoms with Crippen LogP contribution in [0.1, 0.15) is 32.3 Å². The number of halogens is 1. The number of benzene rings is 1. The molecule has 0 saturated carbocycles. The number of pyridine rings is 1. The molecule has 1 fully saturated rings. The van der Waals surface area contributed by atoms with E-state index in [1.54, 1.807) is 30.5 Å². The molecule has 0 atom stereocenters. The molecule has 1 aliphatic rings. The molecule has 7 heteroatoms. The number of aromatic nitrogens is 1. The minimum absolute atomic E-state index is 0.0133. The number of hydrogen-bond acceptors (Lipinski definition) is 4. The normalized spacial score (nSPS) is 14.9. The van der Waals surface area contributed by atoms with E-state index in [9.17, 15) is 14.0 Å².